The van der Waals surface area contributed by atoms with Gasteiger partial charge in [-0.15, -0.1) is 5.10 Å². The molecule has 0 aliphatic carbocycles. The highest BCUT2D eigenvalue weighted by atomic mass is 32.1. The molecular formula is C10H19N3OS. The first-order chi connectivity index (χ1) is 7.29. The summed E-state index contributed by atoms with van der Waals surface area (Å²) in [5, 5.41) is 9.14. The van der Waals surface area contributed by atoms with Crippen molar-refractivity contribution in [2.45, 2.75) is 26.8 Å². The number of hydrogen-bond donors (Lipinski definition) is 1. The van der Waals surface area contributed by atoms with Crippen molar-refractivity contribution in [1.82, 2.24) is 14.9 Å². The fraction of sp³-hybridized carbons (Fsp3) is 0.800. The summed E-state index contributed by atoms with van der Waals surface area (Å²) < 4.78 is 9.26. The van der Waals surface area contributed by atoms with Crippen LogP contribution >= 0.6 is 11.5 Å². The lowest BCUT2D eigenvalue weighted by Crippen LogP contribution is -2.19. The molecule has 0 aliphatic rings. The van der Waals surface area contributed by atoms with Crippen LogP contribution in [0.1, 0.15) is 26.0 Å². The summed E-state index contributed by atoms with van der Waals surface area (Å²) in [6, 6.07) is 0. The molecule has 0 saturated heterocycles. The topological polar surface area (TPSA) is 47.0 Å². The Morgan fingerprint density at radius 3 is 3.00 bits per heavy atom. The van der Waals surface area contributed by atoms with E-state index in [2.05, 4.69) is 28.8 Å². The fourth-order valence-corrected chi connectivity index (χ4v) is 1.49. The van der Waals surface area contributed by atoms with Gasteiger partial charge in [0.1, 0.15) is 0 Å². The van der Waals surface area contributed by atoms with Gasteiger partial charge in [-0.3, -0.25) is 0 Å². The van der Waals surface area contributed by atoms with Crippen LogP contribution in [0.3, 0.4) is 0 Å². The van der Waals surface area contributed by atoms with Crippen molar-refractivity contribution >= 4 is 11.5 Å². The van der Waals surface area contributed by atoms with Crippen LogP contribution < -0.4 is 5.32 Å². The summed E-state index contributed by atoms with van der Waals surface area (Å²) in [6.45, 7) is 7.69. The molecule has 0 radical (unpaired) electrons. The van der Waals surface area contributed by atoms with Crippen molar-refractivity contribution in [3.63, 3.8) is 0 Å². The number of rotatable bonds is 8. The molecule has 5 heteroatoms. The molecule has 0 aromatic carbocycles. The van der Waals surface area contributed by atoms with Crippen molar-refractivity contribution in [2.24, 2.45) is 5.92 Å². The maximum absolute atomic E-state index is 5.47. The molecule has 0 bridgehead atoms. The highest BCUT2D eigenvalue weighted by molar-refractivity contribution is 7.03. The Kier molecular flexibility index (Phi) is 6.47. The van der Waals surface area contributed by atoms with E-state index in [1.54, 1.807) is 0 Å². The molecule has 1 aromatic heterocycles. The third kappa shape index (κ3) is 6.54. The zero-order valence-electron chi connectivity index (χ0n) is 9.40. The zero-order valence-corrected chi connectivity index (χ0v) is 10.2. The Morgan fingerprint density at radius 1 is 1.47 bits per heavy atom. The first-order valence-corrected chi connectivity index (χ1v) is 6.17. The van der Waals surface area contributed by atoms with Crippen molar-refractivity contribution in [3.8, 4) is 0 Å². The molecule has 0 fully saturated rings. The Balaban J connectivity index is 1.85. The van der Waals surface area contributed by atoms with Gasteiger partial charge in [-0.2, -0.15) is 0 Å². The quantitative estimate of drug-likeness (QED) is 0.689. The molecular weight excluding hydrogens is 210 g/mol. The third-order valence-corrected chi connectivity index (χ3v) is 2.53. The minimum absolute atomic E-state index is 0.721. The van der Waals surface area contributed by atoms with E-state index in [1.165, 1.54) is 11.5 Å². The average Bonchev–Trinajstić information content (AvgIpc) is 2.68. The normalized spacial score (nSPS) is 11.1. The summed E-state index contributed by atoms with van der Waals surface area (Å²) in [5.74, 6) is 0.721. The van der Waals surface area contributed by atoms with Crippen LogP contribution in [0.5, 0.6) is 0 Å². The van der Waals surface area contributed by atoms with Gasteiger partial charge < -0.3 is 10.1 Å². The highest BCUT2D eigenvalue weighted by Crippen LogP contribution is 1.98. The van der Waals surface area contributed by atoms with E-state index >= 15 is 0 Å². The van der Waals surface area contributed by atoms with E-state index in [-0.39, 0.29) is 0 Å². The molecule has 1 rings (SSSR count). The van der Waals surface area contributed by atoms with Gasteiger partial charge in [0, 0.05) is 25.1 Å². The van der Waals surface area contributed by atoms with E-state index in [0.29, 0.717) is 0 Å². The predicted octanol–water partition coefficient (Wildman–Crippen LogP) is 1.69. The molecule has 0 unspecified atom stereocenters. The Hall–Kier alpha value is -0.520. The van der Waals surface area contributed by atoms with E-state index < -0.39 is 0 Å². The molecule has 4 nitrogen and oxygen atoms in total. The Bertz CT molecular complexity index is 239. The Labute approximate surface area is 95.2 Å². The molecule has 1 aromatic rings. The first kappa shape index (κ1) is 12.5. The molecule has 0 amide bonds. The maximum atomic E-state index is 5.47. The summed E-state index contributed by atoms with van der Waals surface area (Å²) in [6.07, 6.45) is 1.13. The monoisotopic (exact) mass is 229 g/mol. The average molecular weight is 229 g/mol. The van der Waals surface area contributed by atoms with Crippen LogP contribution in [0.25, 0.3) is 0 Å². The number of ether oxygens (including phenoxy) is 1. The van der Waals surface area contributed by atoms with Gasteiger partial charge >= 0.3 is 0 Å². The van der Waals surface area contributed by atoms with Crippen LogP contribution in [0.2, 0.25) is 0 Å². The van der Waals surface area contributed by atoms with Gasteiger partial charge in [-0.05, 0) is 23.9 Å². The van der Waals surface area contributed by atoms with E-state index in [9.17, 15) is 0 Å². The van der Waals surface area contributed by atoms with E-state index in [1.807, 2.05) is 5.38 Å². The van der Waals surface area contributed by atoms with E-state index in [4.69, 9.17) is 4.74 Å². The second kappa shape index (κ2) is 7.73. The lowest BCUT2D eigenvalue weighted by atomic mass is 10.1. The maximum Gasteiger partial charge on any atom is 0.0893 e. The second-order valence-electron chi connectivity index (χ2n) is 3.87. The van der Waals surface area contributed by atoms with Gasteiger partial charge in [0.15, 0.2) is 0 Å². The van der Waals surface area contributed by atoms with Crippen molar-refractivity contribution in [2.75, 3.05) is 19.8 Å². The first-order valence-electron chi connectivity index (χ1n) is 5.33. The molecule has 15 heavy (non-hydrogen) atoms. The van der Waals surface area contributed by atoms with Crippen LogP contribution in [-0.2, 0) is 11.3 Å². The van der Waals surface area contributed by atoms with Crippen molar-refractivity contribution in [3.05, 3.63) is 11.1 Å². The lowest BCUT2D eigenvalue weighted by molar-refractivity contribution is 0.125. The van der Waals surface area contributed by atoms with Gasteiger partial charge in [0.05, 0.1) is 12.3 Å². The highest BCUT2D eigenvalue weighted by Gasteiger charge is 1.96. The van der Waals surface area contributed by atoms with Crippen LogP contribution in [0.15, 0.2) is 5.38 Å². The second-order valence-corrected chi connectivity index (χ2v) is 4.48. The summed E-state index contributed by atoms with van der Waals surface area (Å²) >= 11 is 1.38. The van der Waals surface area contributed by atoms with E-state index in [0.717, 1.165) is 44.3 Å². The van der Waals surface area contributed by atoms with Gasteiger partial charge in [-0.25, -0.2) is 0 Å². The smallest absolute Gasteiger partial charge is 0.0893 e. The van der Waals surface area contributed by atoms with Crippen LogP contribution in [0.4, 0.5) is 0 Å². The molecule has 86 valence electrons. The SMILES string of the molecule is CC(C)CCOCCNCc1csnn1. The minimum atomic E-state index is 0.721. The number of nitrogens with one attached hydrogen (secondary N) is 1. The van der Waals surface area contributed by atoms with Crippen LogP contribution in [0, 0.1) is 5.92 Å². The molecule has 0 spiro atoms. The summed E-state index contributed by atoms with van der Waals surface area (Å²) in [5.41, 5.74) is 1.00. The Morgan fingerprint density at radius 2 is 2.33 bits per heavy atom. The largest absolute Gasteiger partial charge is 0.380 e. The molecule has 0 atom stereocenters. The molecule has 0 aliphatic heterocycles. The lowest BCUT2D eigenvalue weighted by Gasteiger charge is -2.06. The summed E-state index contributed by atoms with van der Waals surface area (Å²) in [7, 11) is 0. The van der Waals surface area contributed by atoms with Gasteiger partial charge in [-0.1, -0.05) is 18.3 Å². The summed E-state index contributed by atoms with van der Waals surface area (Å²) in [4.78, 5) is 0. The van der Waals surface area contributed by atoms with Crippen LogP contribution in [-0.4, -0.2) is 29.3 Å². The number of nitrogens with zero attached hydrogens (tertiary/aromatic N) is 2. The fourth-order valence-electron chi connectivity index (χ4n) is 1.04. The van der Waals surface area contributed by atoms with Crippen molar-refractivity contribution in [1.29, 1.82) is 0 Å². The molecule has 1 heterocycles. The third-order valence-electron chi connectivity index (χ3n) is 1.97. The van der Waals surface area contributed by atoms with Gasteiger partial charge in [0.2, 0.25) is 0 Å². The predicted molar refractivity (Wildman–Crippen MR) is 61.9 cm³/mol. The minimum Gasteiger partial charge on any atom is -0.380 e. The molecule has 0 saturated carbocycles. The number of hydrogen-bond acceptors (Lipinski definition) is 5. The zero-order chi connectivity index (χ0) is 10.9. The molecule has 1 N–H and O–H groups in total. The van der Waals surface area contributed by atoms with Crippen molar-refractivity contribution < 1.29 is 4.74 Å². The van der Waals surface area contributed by atoms with Gasteiger partial charge in [0.25, 0.3) is 0 Å². The standard InChI is InChI=1S/C10H19N3OS/c1-9(2)3-5-14-6-4-11-7-10-8-15-13-12-10/h8-9,11H,3-7H2,1-2H3. The number of aromatic nitrogens is 2.